The maximum Gasteiger partial charge on any atom is 0.0252 e. The SMILES string of the molecule is CC(N1CCCCC1)C(C)(C)N. The van der Waals surface area contributed by atoms with Gasteiger partial charge in [0.1, 0.15) is 0 Å². The summed E-state index contributed by atoms with van der Waals surface area (Å²) >= 11 is 0. The number of hydrogen-bond acceptors (Lipinski definition) is 2. The van der Waals surface area contributed by atoms with Crippen LogP contribution in [-0.2, 0) is 0 Å². The van der Waals surface area contributed by atoms with Crippen molar-refractivity contribution >= 4 is 0 Å². The monoisotopic (exact) mass is 170 g/mol. The maximum absolute atomic E-state index is 6.07. The molecule has 1 heterocycles. The molecule has 1 aliphatic rings. The molecule has 1 unspecified atom stereocenters. The highest BCUT2D eigenvalue weighted by Gasteiger charge is 2.27. The summed E-state index contributed by atoms with van der Waals surface area (Å²) in [5.41, 5.74) is 6.01. The summed E-state index contributed by atoms with van der Waals surface area (Å²) in [5.74, 6) is 0. The summed E-state index contributed by atoms with van der Waals surface area (Å²) in [4.78, 5) is 2.52. The number of nitrogens with zero attached hydrogens (tertiary/aromatic N) is 1. The van der Waals surface area contributed by atoms with E-state index in [0.717, 1.165) is 0 Å². The molecule has 0 aromatic carbocycles. The smallest absolute Gasteiger partial charge is 0.0252 e. The fraction of sp³-hybridized carbons (Fsp3) is 1.00. The van der Waals surface area contributed by atoms with Crippen molar-refractivity contribution in [3.63, 3.8) is 0 Å². The summed E-state index contributed by atoms with van der Waals surface area (Å²) in [6.45, 7) is 8.95. The van der Waals surface area contributed by atoms with Crippen molar-refractivity contribution in [1.82, 2.24) is 4.90 Å². The molecule has 0 aromatic heterocycles. The minimum Gasteiger partial charge on any atom is -0.324 e. The lowest BCUT2D eigenvalue weighted by atomic mass is 9.94. The Bertz CT molecular complexity index is 131. The van der Waals surface area contributed by atoms with Gasteiger partial charge in [-0.25, -0.2) is 0 Å². The van der Waals surface area contributed by atoms with Crippen molar-refractivity contribution in [2.75, 3.05) is 13.1 Å². The van der Waals surface area contributed by atoms with Crippen LogP contribution < -0.4 is 5.73 Å². The van der Waals surface area contributed by atoms with E-state index in [0.29, 0.717) is 6.04 Å². The molecule has 1 fully saturated rings. The highest BCUT2D eigenvalue weighted by Crippen LogP contribution is 2.17. The van der Waals surface area contributed by atoms with Gasteiger partial charge in [-0.1, -0.05) is 6.42 Å². The Kier molecular flexibility index (Phi) is 3.13. The molecule has 0 radical (unpaired) electrons. The molecule has 1 saturated heterocycles. The minimum atomic E-state index is -0.0582. The van der Waals surface area contributed by atoms with E-state index in [1.807, 2.05) is 0 Å². The van der Waals surface area contributed by atoms with E-state index in [1.165, 1.54) is 32.4 Å². The van der Waals surface area contributed by atoms with Crippen molar-refractivity contribution in [1.29, 1.82) is 0 Å². The molecule has 0 aromatic rings. The minimum absolute atomic E-state index is 0.0582. The van der Waals surface area contributed by atoms with Gasteiger partial charge in [0.25, 0.3) is 0 Å². The number of nitrogens with two attached hydrogens (primary N) is 1. The normalized spacial score (nSPS) is 24.0. The molecule has 72 valence electrons. The quantitative estimate of drug-likeness (QED) is 0.682. The van der Waals surface area contributed by atoms with Gasteiger partial charge in [0.05, 0.1) is 0 Å². The van der Waals surface area contributed by atoms with Gasteiger partial charge in [0, 0.05) is 11.6 Å². The Morgan fingerprint density at radius 1 is 1.17 bits per heavy atom. The van der Waals surface area contributed by atoms with Gasteiger partial charge in [-0.05, 0) is 46.7 Å². The molecule has 1 aliphatic heterocycles. The van der Waals surface area contributed by atoms with E-state index in [4.69, 9.17) is 5.73 Å². The Morgan fingerprint density at radius 3 is 2.08 bits per heavy atom. The number of rotatable bonds is 2. The van der Waals surface area contributed by atoms with Crippen LogP contribution in [0.1, 0.15) is 40.0 Å². The fourth-order valence-corrected chi connectivity index (χ4v) is 1.78. The Labute approximate surface area is 76.1 Å². The molecular weight excluding hydrogens is 148 g/mol. The van der Waals surface area contributed by atoms with Crippen molar-refractivity contribution < 1.29 is 0 Å². The fourth-order valence-electron chi connectivity index (χ4n) is 1.78. The molecule has 2 heteroatoms. The van der Waals surface area contributed by atoms with Crippen LogP contribution in [0.2, 0.25) is 0 Å². The second-order valence-electron chi connectivity index (χ2n) is 4.59. The van der Waals surface area contributed by atoms with Crippen molar-refractivity contribution in [3.05, 3.63) is 0 Å². The molecule has 1 atom stereocenters. The van der Waals surface area contributed by atoms with Crippen LogP contribution in [0, 0.1) is 0 Å². The van der Waals surface area contributed by atoms with Crippen molar-refractivity contribution in [2.45, 2.75) is 51.6 Å². The van der Waals surface area contributed by atoms with Gasteiger partial charge < -0.3 is 5.73 Å². The molecule has 2 nitrogen and oxygen atoms in total. The third-order valence-corrected chi connectivity index (χ3v) is 3.02. The van der Waals surface area contributed by atoms with Gasteiger partial charge >= 0.3 is 0 Å². The van der Waals surface area contributed by atoms with Crippen molar-refractivity contribution in [2.24, 2.45) is 5.73 Å². The van der Waals surface area contributed by atoms with Gasteiger partial charge in [-0.3, -0.25) is 4.90 Å². The molecule has 1 rings (SSSR count). The first kappa shape index (κ1) is 10.0. The van der Waals surface area contributed by atoms with Crippen molar-refractivity contribution in [3.8, 4) is 0 Å². The molecule has 0 bridgehead atoms. The summed E-state index contributed by atoms with van der Waals surface area (Å²) in [5, 5.41) is 0. The van der Waals surface area contributed by atoms with E-state index in [2.05, 4.69) is 25.7 Å². The predicted molar refractivity (Wildman–Crippen MR) is 53.2 cm³/mol. The largest absolute Gasteiger partial charge is 0.324 e. The van der Waals surface area contributed by atoms with Crippen LogP contribution in [-0.4, -0.2) is 29.6 Å². The molecule has 0 saturated carbocycles. The molecule has 0 spiro atoms. The van der Waals surface area contributed by atoms with Crippen LogP contribution in [0.3, 0.4) is 0 Å². The molecule has 0 amide bonds. The first-order valence-electron chi connectivity index (χ1n) is 5.05. The van der Waals surface area contributed by atoms with E-state index in [1.54, 1.807) is 0 Å². The van der Waals surface area contributed by atoms with Gasteiger partial charge in [-0.2, -0.15) is 0 Å². The van der Waals surface area contributed by atoms with E-state index >= 15 is 0 Å². The second kappa shape index (κ2) is 3.75. The van der Waals surface area contributed by atoms with E-state index in [9.17, 15) is 0 Å². The molecule has 12 heavy (non-hydrogen) atoms. The maximum atomic E-state index is 6.07. The average molecular weight is 170 g/mol. The van der Waals surface area contributed by atoms with E-state index < -0.39 is 0 Å². The number of likely N-dealkylation sites (tertiary alicyclic amines) is 1. The van der Waals surface area contributed by atoms with Gasteiger partial charge in [0.2, 0.25) is 0 Å². The topological polar surface area (TPSA) is 29.3 Å². The predicted octanol–water partition coefficient (Wildman–Crippen LogP) is 1.60. The molecular formula is C10H22N2. The first-order chi connectivity index (χ1) is 5.52. The molecule has 2 N–H and O–H groups in total. The first-order valence-corrected chi connectivity index (χ1v) is 5.05. The Balaban J connectivity index is 2.45. The van der Waals surface area contributed by atoms with Crippen LogP contribution in [0.4, 0.5) is 0 Å². The lowest BCUT2D eigenvalue weighted by Crippen LogP contribution is -2.54. The summed E-state index contributed by atoms with van der Waals surface area (Å²) in [7, 11) is 0. The lowest BCUT2D eigenvalue weighted by Gasteiger charge is -2.39. The summed E-state index contributed by atoms with van der Waals surface area (Å²) < 4.78 is 0. The number of piperidine rings is 1. The second-order valence-corrected chi connectivity index (χ2v) is 4.59. The van der Waals surface area contributed by atoms with Crippen LogP contribution in [0.15, 0.2) is 0 Å². The zero-order valence-electron chi connectivity index (χ0n) is 8.64. The summed E-state index contributed by atoms with van der Waals surface area (Å²) in [6.07, 6.45) is 4.09. The van der Waals surface area contributed by atoms with Crippen LogP contribution >= 0.6 is 0 Å². The number of hydrogen-bond donors (Lipinski definition) is 1. The van der Waals surface area contributed by atoms with Crippen LogP contribution in [0.25, 0.3) is 0 Å². The lowest BCUT2D eigenvalue weighted by molar-refractivity contribution is 0.125. The summed E-state index contributed by atoms with van der Waals surface area (Å²) in [6, 6.07) is 0.512. The highest BCUT2D eigenvalue weighted by molar-refractivity contribution is 4.87. The van der Waals surface area contributed by atoms with Gasteiger partial charge in [0.15, 0.2) is 0 Å². The van der Waals surface area contributed by atoms with E-state index in [-0.39, 0.29) is 5.54 Å². The standard InChI is InChI=1S/C10H22N2/c1-9(10(2,3)11)12-7-5-4-6-8-12/h9H,4-8,11H2,1-3H3. The highest BCUT2D eigenvalue weighted by atomic mass is 15.2. The molecule has 0 aliphatic carbocycles. The van der Waals surface area contributed by atoms with Crippen LogP contribution in [0.5, 0.6) is 0 Å². The van der Waals surface area contributed by atoms with Gasteiger partial charge in [-0.15, -0.1) is 0 Å². The third-order valence-electron chi connectivity index (χ3n) is 3.02. The average Bonchev–Trinajstić information content (AvgIpc) is 2.03. The zero-order chi connectivity index (χ0) is 9.19. The Morgan fingerprint density at radius 2 is 1.67 bits per heavy atom. The Hall–Kier alpha value is -0.0800. The zero-order valence-corrected chi connectivity index (χ0v) is 8.64. The third kappa shape index (κ3) is 2.46.